The number of methoxy groups -OCH3 is 1. The van der Waals surface area contributed by atoms with Gasteiger partial charge in [0.05, 0.1) is 17.0 Å². The van der Waals surface area contributed by atoms with Crippen LogP contribution in [0, 0.1) is 20.2 Å². The first kappa shape index (κ1) is 17.5. The monoisotopic (exact) mass is 322 g/mol. The number of benzene rings is 2. The molecule has 0 aliphatic rings. The van der Waals surface area contributed by atoms with Crippen molar-refractivity contribution in [1.82, 2.24) is 0 Å². The van der Waals surface area contributed by atoms with E-state index in [1.54, 1.807) is 6.07 Å². The highest BCUT2D eigenvalue weighted by atomic mass is 16.6. The first-order valence-corrected chi connectivity index (χ1v) is 6.07. The summed E-state index contributed by atoms with van der Waals surface area (Å²) in [5.41, 5.74) is 10.3. The van der Waals surface area contributed by atoms with Crippen LogP contribution in [0.1, 0.15) is 0 Å². The maximum absolute atomic E-state index is 10.4. The largest absolute Gasteiger partial charge is 0.506 e. The lowest BCUT2D eigenvalue weighted by molar-refractivity contribution is -0.385. The summed E-state index contributed by atoms with van der Waals surface area (Å²) in [7, 11) is 1.37. The maximum Gasteiger partial charge on any atom is 0.312 e. The van der Waals surface area contributed by atoms with Crippen molar-refractivity contribution in [3.05, 3.63) is 56.6 Å². The standard InChI is InChI=1S/C7H8N2O3.C6H6N2O3/c1-12-7-3-2-5(8)4-6(7)9(10)11;7-6-4(8(10)11)2-1-3-5(6)9/h2-4H,8H2,1H3;1-3,9H,7H2. The smallest absolute Gasteiger partial charge is 0.312 e. The van der Waals surface area contributed by atoms with Crippen LogP contribution in [0.4, 0.5) is 22.7 Å². The third-order valence-corrected chi connectivity index (χ3v) is 2.66. The predicted octanol–water partition coefficient (Wildman–Crippen LogP) is 2.07. The lowest BCUT2D eigenvalue weighted by atomic mass is 10.2. The van der Waals surface area contributed by atoms with E-state index in [2.05, 4.69) is 0 Å². The number of phenols is 1. The molecule has 0 atom stereocenters. The molecule has 0 heterocycles. The van der Waals surface area contributed by atoms with Gasteiger partial charge in [0.2, 0.25) is 0 Å². The average molecular weight is 322 g/mol. The fraction of sp³-hybridized carbons (Fsp3) is 0.0769. The van der Waals surface area contributed by atoms with Crippen molar-refractivity contribution in [3.63, 3.8) is 0 Å². The van der Waals surface area contributed by atoms with E-state index in [0.717, 1.165) is 0 Å². The number of anilines is 2. The number of hydrogen-bond acceptors (Lipinski definition) is 8. The van der Waals surface area contributed by atoms with E-state index >= 15 is 0 Å². The minimum atomic E-state index is -0.644. The SMILES string of the molecule is COc1ccc(N)cc1[N+](=O)[O-].Nc1c(O)cccc1[N+](=O)[O-]. The normalized spacial score (nSPS) is 9.43. The molecule has 0 saturated heterocycles. The Bertz CT molecular complexity index is 734. The summed E-state index contributed by atoms with van der Waals surface area (Å²) in [5.74, 6) is -0.0478. The Morgan fingerprint density at radius 2 is 1.65 bits per heavy atom. The second-order valence-electron chi connectivity index (χ2n) is 4.16. The molecule has 0 fully saturated rings. The zero-order valence-electron chi connectivity index (χ0n) is 12.0. The van der Waals surface area contributed by atoms with Crippen molar-refractivity contribution >= 4 is 22.7 Å². The second kappa shape index (κ2) is 7.45. The Labute approximate surface area is 130 Å². The molecule has 0 aliphatic heterocycles. The fourth-order valence-electron chi connectivity index (χ4n) is 1.55. The van der Waals surface area contributed by atoms with Gasteiger partial charge in [-0.2, -0.15) is 0 Å². The van der Waals surface area contributed by atoms with Gasteiger partial charge in [0.25, 0.3) is 5.69 Å². The highest BCUT2D eigenvalue weighted by molar-refractivity contribution is 5.66. The summed E-state index contributed by atoms with van der Waals surface area (Å²) in [5, 5.41) is 29.5. The molecule has 2 aromatic rings. The van der Waals surface area contributed by atoms with Gasteiger partial charge in [-0.05, 0) is 18.2 Å². The predicted molar refractivity (Wildman–Crippen MR) is 83.2 cm³/mol. The fourth-order valence-corrected chi connectivity index (χ4v) is 1.55. The van der Waals surface area contributed by atoms with Crippen LogP contribution in [0.15, 0.2) is 36.4 Å². The third kappa shape index (κ3) is 4.46. The van der Waals surface area contributed by atoms with Crippen molar-refractivity contribution in [1.29, 1.82) is 0 Å². The van der Waals surface area contributed by atoms with Gasteiger partial charge < -0.3 is 21.3 Å². The second-order valence-corrected chi connectivity index (χ2v) is 4.16. The van der Waals surface area contributed by atoms with Crippen LogP contribution in [0.5, 0.6) is 11.5 Å². The van der Waals surface area contributed by atoms with Gasteiger partial charge in [-0.25, -0.2) is 0 Å². The Hall–Kier alpha value is -3.56. The molecule has 0 radical (unpaired) electrons. The molecule has 10 heteroatoms. The van der Waals surface area contributed by atoms with Crippen LogP contribution < -0.4 is 16.2 Å². The number of nitro groups is 2. The minimum absolute atomic E-state index is 0.113. The molecule has 2 aromatic carbocycles. The summed E-state index contributed by atoms with van der Waals surface area (Å²) in [6.07, 6.45) is 0. The zero-order chi connectivity index (χ0) is 17.6. The number of nitrogens with zero attached hydrogens (tertiary/aromatic N) is 2. The van der Waals surface area contributed by atoms with Crippen LogP contribution >= 0.6 is 0 Å². The van der Waals surface area contributed by atoms with Crippen molar-refractivity contribution in [2.45, 2.75) is 0 Å². The van der Waals surface area contributed by atoms with Gasteiger partial charge in [-0.3, -0.25) is 20.2 Å². The molecule has 0 bridgehead atoms. The number of aromatic hydroxyl groups is 1. The Kier molecular flexibility index (Phi) is 5.66. The van der Waals surface area contributed by atoms with E-state index in [9.17, 15) is 20.2 Å². The van der Waals surface area contributed by atoms with Crippen molar-refractivity contribution in [3.8, 4) is 11.5 Å². The highest BCUT2D eigenvalue weighted by Gasteiger charge is 2.14. The zero-order valence-corrected chi connectivity index (χ0v) is 12.0. The Balaban J connectivity index is 0.000000231. The molecule has 0 amide bonds. The van der Waals surface area contributed by atoms with E-state index in [-0.39, 0.29) is 28.6 Å². The molecule has 23 heavy (non-hydrogen) atoms. The summed E-state index contributed by atoms with van der Waals surface area (Å²) < 4.78 is 4.76. The van der Waals surface area contributed by atoms with E-state index in [1.165, 1.54) is 37.4 Å². The van der Waals surface area contributed by atoms with E-state index in [1.807, 2.05) is 0 Å². The number of rotatable bonds is 3. The molecular weight excluding hydrogens is 308 g/mol. The van der Waals surface area contributed by atoms with Crippen LogP contribution in [-0.2, 0) is 0 Å². The minimum Gasteiger partial charge on any atom is -0.506 e. The Morgan fingerprint density at radius 3 is 2.13 bits per heavy atom. The number of nitro benzene ring substituents is 2. The van der Waals surface area contributed by atoms with Crippen molar-refractivity contribution < 1.29 is 19.7 Å². The van der Waals surface area contributed by atoms with Crippen LogP contribution in [0.25, 0.3) is 0 Å². The lowest BCUT2D eigenvalue weighted by Gasteiger charge is -2.00. The summed E-state index contributed by atoms with van der Waals surface area (Å²) in [4.78, 5) is 19.4. The number of phenolic OH excluding ortho intramolecular Hbond substituents is 1. The van der Waals surface area contributed by atoms with E-state index in [4.69, 9.17) is 21.3 Å². The van der Waals surface area contributed by atoms with Gasteiger partial charge >= 0.3 is 5.69 Å². The molecule has 5 N–H and O–H groups in total. The van der Waals surface area contributed by atoms with Gasteiger partial charge in [0.15, 0.2) is 11.4 Å². The lowest BCUT2D eigenvalue weighted by Crippen LogP contribution is -1.95. The summed E-state index contributed by atoms with van der Waals surface area (Å²) in [6, 6.07) is 8.17. The summed E-state index contributed by atoms with van der Waals surface area (Å²) >= 11 is 0. The first-order valence-electron chi connectivity index (χ1n) is 6.07. The van der Waals surface area contributed by atoms with Gasteiger partial charge in [-0.1, -0.05) is 6.07 Å². The van der Waals surface area contributed by atoms with E-state index < -0.39 is 9.85 Å². The number of hydrogen-bond donors (Lipinski definition) is 3. The molecule has 0 aliphatic carbocycles. The molecule has 122 valence electrons. The van der Waals surface area contributed by atoms with Crippen LogP contribution in [0.3, 0.4) is 0 Å². The van der Waals surface area contributed by atoms with Gasteiger partial charge in [-0.15, -0.1) is 0 Å². The van der Waals surface area contributed by atoms with Crippen LogP contribution in [-0.4, -0.2) is 22.1 Å². The first-order chi connectivity index (χ1) is 10.8. The number of nitrogens with two attached hydrogens (primary N) is 2. The quantitative estimate of drug-likeness (QED) is 0.334. The van der Waals surface area contributed by atoms with Crippen LogP contribution in [0.2, 0.25) is 0 Å². The van der Waals surface area contributed by atoms with E-state index in [0.29, 0.717) is 5.69 Å². The topological polar surface area (TPSA) is 168 Å². The Morgan fingerprint density at radius 1 is 1.04 bits per heavy atom. The number of nitrogen functional groups attached to an aromatic ring is 2. The van der Waals surface area contributed by atoms with Crippen molar-refractivity contribution in [2.75, 3.05) is 18.6 Å². The van der Waals surface area contributed by atoms with Gasteiger partial charge in [0, 0.05) is 17.8 Å². The molecule has 0 spiro atoms. The average Bonchev–Trinajstić information content (AvgIpc) is 2.50. The number of ether oxygens (including phenoxy) is 1. The van der Waals surface area contributed by atoms with Gasteiger partial charge in [0.1, 0.15) is 5.75 Å². The maximum atomic E-state index is 10.4. The molecule has 2 rings (SSSR count). The number of para-hydroxylation sites is 1. The molecule has 0 saturated carbocycles. The molecular formula is C13H14N4O6. The molecule has 0 aromatic heterocycles. The third-order valence-electron chi connectivity index (χ3n) is 2.66. The molecule has 10 nitrogen and oxygen atoms in total. The molecule has 0 unspecified atom stereocenters. The highest BCUT2D eigenvalue weighted by Crippen LogP contribution is 2.29. The van der Waals surface area contributed by atoms with Crippen molar-refractivity contribution in [2.24, 2.45) is 0 Å². The summed E-state index contributed by atoms with van der Waals surface area (Å²) in [6.45, 7) is 0.